The van der Waals surface area contributed by atoms with Crippen LogP contribution in [0.2, 0.25) is 0 Å². The molecular weight excluding hydrogens is 839 g/mol. The summed E-state index contributed by atoms with van der Waals surface area (Å²) in [5.74, 6) is -1.93. The van der Waals surface area contributed by atoms with Crippen molar-refractivity contribution in [2.75, 3.05) is 41.9 Å². The molecule has 4 aromatic rings. The molecule has 0 radical (unpaired) electrons. The first-order valence-electron chi connectivity index (χ1n) is 22.8. The second-order valence-electron chi connectivity index (χ2n) is 18.2. The van der Waals surface area contributed by atoms with Gasteiger partial charge in [-0.25, -0.2) is 4.79 Å². The Morgan fingerprint density at radius 3 is 1.95 bits per heavy atom. The molecule has 0 aliphatic carbocycles. The number of benzene rings is 4. The average Bonchev–Trinajstić information content (AvgIpc) is 4.14. The molecule has 0 aromatic heterocycles. The first-order valence-corrected chi connectivity index (χ1v) is 22.8. The van der Waals surface area contributed by atoms with E-state index in [1.54, 1.807) is 37.8 Å². The summed E-state index contributed by atoms with van der Waals surface area (Å²) >= 11 is 0. The lowest BCUT2D eigenvalue weighted by Gasteiger charge is -2.31. The summed E-state index contributed by atoms with van der Waals surface area (Å²) in [4.78, 5) is 85.6. The Balaban J connectivity index is 0.978. The van der Waals surface area contributed by atoms with Crippen LogP contribution in [0.3, 0.4) is 0 Å². The zero-order valence-electron chi connectivity index (χ0n) is 38.2. The maximum absolute atomic E-state index is 14.1. The number of amides is 6. The number of nitrogens with zero attached hydrogens (tertiary/aromatic N) is 3. The molecule has 5 atom stereocenters. The minimum atomic E-state index is -0.972. The van der Waals surface area contributed by atoms with E-state index in [-0.39, 0.29) is 17.7 Å². The lowest BCUT2D eigenvalue weighted by atomic mass is 9.86. The Hall–Kier alpha value is -6.74. The number of hydrogen-bond acceptors (Lipinski definition) is 10. The van der Waals surface area contributed by atoms with E-state index in [1.807, 2.05) is 77.7 Å². The van der Waals surface area contributed by atoms with Gasteiger partial charge in [-0.15, -0.1) is 0 Å². The summed E-state index contributed by atoms with van der Waals surface area (Å²) in [6.07, 6.45) is 2.59. The molecule has 0 saturated carbocycles. The van der Waals surface area contributed by atoms with Gasteiger partial charge in [-0.1, -0.05) is 93.6 Å². The number of methoxy groups -OCH3 is 1. The lowest BCUT2D eigenvalue weighted by molar-refractivity contribution is -0.142. The molecule has 66 heavy (non-hydrogen) atoms. The number of carbonyl (C=O) groups is 6. The molecule has 0 bridgehead atoms. The van der Waals surface area contributed by atoms with Gasteiger partial charge in [0.05, 0.1) is 7.11 Å². The van der Waals surface area contributed by atoms with Crippen LogP contribution in [-0.2, 0) is 46.5 Å². The van der Waals surface area contributed by atoms with Crippen molar-refractivity contribution in [1.82, 2.24) is 20.9 Å². The van der Waals surface area contributed by atoms with Gasteiger partial charge in [-0.05, 0) is 97.0 Å². The van der Waals surface area contributed by atoms with Gasteiger partial charge in [0.2, 0.25) is 29.5 Å². The molecule has 0 spiro atoms. The van der Waals surface area contributed by atoms with Crippen molar-refractivity contribution in [3.05, 3.63) is 126 Å². The van der Waals surface area contributed by atoms with Crippen molar-refractivity contribution < 1.29 is 38.2 Å². The van der Waals surface area contributed by atoms with Crippen LogP contribution in [0.1, 0.15) is 82.0 Å². The molecule has 3 saturated heterocycles. The first kappa shape index (κ1) is 47.2. The Bertz CT molecular complexity index is 2320. The van der Waals surface area contributed by atoms with Crippen molar-refractivity contribution in [3.8, 4) is 0 Å². The fourth-order valence-corrected chi connectivity index (χ4v) is 8.93. The van der Waals surface area contributed by atoms with Gasteiger partial charge in [0, 0.05) is 49.8 Å². The number of para-hydroxylation sites is 1. The molecule has 3 heterocycles. The predicted octanol–water partition coefficient (Wildman–Crippen LogP) is 6.24. The zero-order valence-corrected chi connectivity index (χ0v) is 38.2. The van der Waals surface area contributed by atoms with E-state index in [1.165, 1.54) is 7.11 Å². The topological polar surface area (TPSA) is 179 Å². The van der Waals surface area contributed by atoms with Gasteiger partial charge in [-0.2, -0.15) is 0 Å². The Kier molecular flexibility index (Phi) is 15.4. The highest BCUT2D eigenvalue weighted by Crippen LogP contribution is 2.30. The van der Waals surface area contributed by atoms with Crippen LogP contribution >= 0.6 is 0 Å². The largest absolute Gasteiger partial charge is 0.453 e. The standard InChI is InChI=1S/C51H61N7O8/c1-51(2,3)44(54-50(64)65-4)48(62)55-46(60)40-18-11-29-57(40)39-27-23-35(24-28-39)33-56(38-16-9-6-10-17-38)32-34-21-25-37(26-22-34)52-45(59)41-19-12-30-58(41)49(63)43(36-14-7-5-8-15-36)53-47(61)42-20-13-31-66-42/h5-10,14-17,21-28,40-44H,11-13,18-20,29-33H2,1-4H3,(H,52,59)(H,53,61)(H,54,64)(H,55,60,62)/t40-,41-,42+,43+,44+/m0/s1. The van der Waals surface area contributed by atoms with E-state index in [0.29, 0.717) is 69.7 Å². The molecule has 6 amide bonds. The summed E-state index contributed by atoms with van der Waals surface area (Å²) in [6.45, 7) is 8.14. The van der Waals surface area contributed by atoms with Crippen LogP contribution in [0.15, 0.2) is 109 Å². The smallest absolute Gasteiger partial charge is 0.407 e. The van der Waals surface area contributed by atoms with Gasteiger partial charge in [0.1, 0.15) is 30.3 Å². The summed E-state index contributed by atoms with van der Waals surface area (Å²) in [6, 6.07) is 31.9. The SMILES string of the molecule is COC(=O)N[C@H](C(=O)NC(=O)[C@@H]1CCCN1c1ccc(CN(Cc2ccc(NC(=O)[C@@H]3CCCN3C(=O)[C@H](NC(=O)[C@H]3CCCO3)c3ccccc3)cc2)c2ccccc2)cc1)C(C)(C)C. The number of imide groups is 1. The molecule has 15 heteroatoms. The molecule has 348 valence electrons. The number of nitrogens with one attached hydrogen (secondary N) is 4. The number of likely N-dealkylation sites (tertiary alicyclic amines) is 1. The third-order valence-corrected chi connectivity index (χ3v) is 12.5. The monoisotopic (exact) mass is 899 g/mol. The van der Waals surface area contributed by atoms with E-state index in [4.69, 9.17) is 9.47 Å². The number of alkyl carbamates (subject to hydrolysis) is 1. The van der Waals surface area contributed by atoms with E-state index in [0.717, 1.165) is 35.3 Å². The second kappa shape index (κ2) is 21.5. The number of hydrogen-bond donors (Lipinski definition) is 4. The fourth-order valence-electron chi connectivity index (χ4n) is 8.93. The highest BCUT2D eigenvalue weighted by molar-refractivity contribution is 6.02. The number of anilines is 3. The molecular formula is C51H61N7O8. The van der Waals surface area contributed by atoms with Gasteiger partial charge in [0.15, 0.2) is 0 Å². The highest BCUT2D eigenvalue weighted by Gasteiger charge is 2.40. The molecule has 15 nitrogen and oxygen atoms in total. The quantitative estimate of drug-likeness (QED) is 0.107. The average molecular weight is 900 g/mol. The maximum atomic E-state index is 14.1. The van der Waals surface area contributed by atoms with Crippen LogP contribution in [0, 0.1) is 5.41 Å². The minimum absolute atomic E-state index is 0.281. The first-order chi connectivity index (χ1) is 31.8. The van der Waals surface area contributed by atoms with Gasteiger partial charge in [0.25, 0.3) is 0 Å². The van der Waals surface area contributed by atoms with Crippen molar-refractivity contribution in [3.63, 3.8) is 0 Å². The van der Waals surface area contributed by atoms with Crippen molar-refractivity contribution in [2.24, 2.45) is 5.41 Å². The Labute approximate surface area is 386 Å². The van der Waals surface area contributed by atoms with Crippen LogP contribution < -0.4 is 31.1 Å². The Morgan fingerprint density at radius 2 is 1.33 bits per heavy atom. The summed E-state index contributed by atoms with van der Waals surface area (Å²) < 4.78 is 10.3. The summed E-state index contributed by atoms with van der Waals surface area (Å²) in [7, 11) is 1.22. The molecule has 4 aromatic carbocycles. The van der Waals surface area contributed by atoms with Crippen LogP contribution in [0.25, 0.3) is 0 Å². The lowest BCUT2D eigenvalue weighted by Crippen LogP contribution is -2.57. The molecule has 3 fully saturated rings. The fraction of sp³-hybridized carbons (Fsp3) is 0.412. The molecule has 0 unspecified atom stereocenters. The van der Waals surface area contributed by atoms with Gasteiger partial charge < -0.3 is 40.1 Å². The zero-order chi connectivity index (χ0) is 46.8. The molecule has 7 rings (SSSR count). The molecule has 4 N–H and O–H groups in total. The number of rotatable bonds is 15. The van der Waals surface area contributed by atoms with Crippen LogP contribution in [0.4, 0.5) is 21.9 Å². The molecule has 3 aliphatic heterocycles. The van der Waals surface area contributed by atoms with E-state index in [9.17, 15) is 28.8 Å². The number of carbonyl (C=O) groups excluding carboxylic acids is 6. The van der Waals surface area contributed by atoms with E-state index >= 15 is 0 Å². The normalized spacial score (nSPS) is 19.1. The van der Waals surface area contributed by atoms with E-state index < -0.39 is 53.6 Å². The van der Waals surface area contributed by atoms with E-state index in [2.05, 4.69) is 50.4 Å². The van der Waals surface area contributed by atoms with Crippen LogP contribution in [0.5, 0.6) is 0 Å². The van der Waals surface area contributed by atoms with Crippen molar-refractivity contribution >= 4 is 52.7 Å². The van der Waals surface area contributed by atoms with Gasteiger partial charge >= 0.3 is 6.09 Å². The van der Waals surface area contributed by atoms with Gasteiger partial charge in [-0.3, -0.25) is 29.3 Å². The van der Waals surface area contributed by atoms with Crippen molar-refractivity contribution in [1.29, 1.82) is 0 Å². The van der Waals surface area contributed by atoms with Crippen LogP contribution in [-0.4, -0.2) is 91.6 Å². The minimum Gasteiger partial charge on any atom is -0.453 e. The van der Waals surface area contributed by atoms with Crippen molar-refractivity contribution in [2.45, 2.75) is 103 Å². The maximum Gasteiger partial charge on any atom is 0.407 e. The third-order valence-electron chi connectivity index (χ3n) is 12.5. The Morgan fingerprint density at radius 1 is 0.712 bits per heavy atom. The predicted molar refractivity (Wildman–Crippen MR) is 251 cm³/mol. The summed E-state index contributed by atoms with van der Waals surface area (Å²) in [5.41, 5.74) is 4.57. The molecule has 3 aliphatic rings. The second-order valence-corrected chi connectivity index (χ2v) is 18.2. The number of ether oxygens (including phenoxy) is 2. The summed E-state index contributed by atoms with van der Waals surface area (Å²) in [5, 5.41) is 11.0. The highest BCUT2D eigenvalue weighted by atomic mass is 16.5. The third kappa shape index (κ3) is 11.7.